The van der Waals surface area contributed by atoms with E-state index in [9.17, 15) is 4.79 Å². The monoisotopic (exact) mass is 249 g/mol. The second-order valence-electron chi connectivity index (χ2n) is 3.82. The lowest BCUT2D eigenvalue weighted by molar-refractivity contribution is 0.692. The molecule has 0 bridgehead atoms. The summed E-state index contributed by atoms with van der Waals surface area (Å²) in [6.45, 7) is 4.00. The van der Waals surface area contributed by atoms with E-state index in [2.05, 4.69) is 9.97 Å². The van der Waals surface area contributed by atoms with Crippen LogP contribution in [-0.2, 0) is 6.54 Å². The minimum atomic E-state index is -0.0741. The zero-order valence-corrected chi connectivity index (χ0v) is 10.4. The maximum atomic E-state index is 11.8. The number of nitrogens with zero attached hydrogens (tertiary/aromatic N) is 3. The number of aromatic nitrogens is 3. The molecule has 2 aromatic heterocycles. The molecule has 0 amide bonds. The average molecular weight is 250 g/mol. The number of hydrogen-bond acceptors (Lipinski definition) is 3. The van der Waals surface area contributed by atoms with Crippen molar-refractivity contribution in [1.29, 1.82) is 0 Å². The van der Waals surface area contributed by atoms with Crippen LogP contribution in [-0.4, -0.2) is 14.5 Å². The summed E-state index contributed by atoms with van der Waals surface area (Å²) in [5.41, 5.74) is 1.46. The Hall–Kier alpha value is -1.68. The molecule has 0 saturated carbocycles. The largest absolute Gasteiger partial charge is 0.292 e. The van der Waals surface area contributed by atoms with Crippen LogP contribution < -0.4 is 5.56 Å². The number of rotatable bonds is 2. The molecule has 0 radical (unpaired) electrons. The van der Waals surface area contributed by atoms with Crippen molar-refractivity contribution < 1.29 is 0 Å². The first-order valence-corrected chi connectivity index (χ1v) is 5.60. The summed E-state index contributed by atoms with van der Waals surface area (Å²) in [6, 6.07) is 5.15. The van der Waals surface area contributed by atoms with Crippen molar-refractivity contribution in [3.05, 3.63) is 57.0 Å². The quantitative estimate of drug-likeness (QED) is 0.765. The van der Waals surface area contributed by atoms with E-state index in [0.717, 1.165) is 11.3 Å². The molecule has 0 fully saturated rings. The first kappa shape index (κ1) is 11.8. The topological polar surface area (TPSA) is 47.8 Å². The molecule has 0 saturated heterocycles. The van der Waals surface area contributed by atoms with Crippen LogP contribution in [0.2, 0.25) is 5.15 Å². The highest BCUT2D eigenvalue weighted by molar-refractivity contribution is 6.30. The molecule has 17 heavy (non-hydrogen) atoms. The van der Waals surface area contributed by atoms with Crippen LogP contribution in [0.5, 0.6) is 0 Å². The van der Waals surface area contributed by atoms with E-state index in [1.807, 2.05) is 6.07 Å². The third-order valence-corrected chi connectivity index (χ3v) is 2.83. The number of aryl methyl sites for hydroxylation is 2. The van der Waals surface area contributed by atoms with Gasteiger partial charge >= 0.3 is 0 Å². The predicted octanol–water partition coefficient (Wildman–Crippen LogP) is 1.96. The molecule has 0 aromatic carbocycles. The third kappa shape index (κ3) is 2.53. The van der Waals surface area contributed by atoms with Crippen molar-refractivity contribution in [2.45, 2.75) is 20.4 Å². The zero-order valence-electron chi connectivity index (χ0n) is 9.64. The molecular weight excluding hydrogens is 238 g/mol. The van der Waals surface area contributed by atoms with Crippen molar-refractivity contribution >= 4 is 11.6 Å². The minimum Gasteiger partial charge on any atom is -0.292 e. The lowest BCUT2D eigenvalue weighted by Crippen LogP contribution is -2.24. The summed E-state index contributed by atoms with van der Waals surface area (Å²) in [4.78, 5) is 20.1. The van der Waals surface area contributed by atoms with Gasteiger partial charge in [-0.15, -0.1) is 0 Å². The smallest absolute Gasteiger partial charge is 0.254 e. The fourth-order valence-corrected chi connectivity index (χ4v) is 1.84. The summed E-state index contributed by atoms with van der Waals surface area (Å²) in [7, 11) is 0. The molecule has 0 spiro atoms. The van der Waals surface area contributed by atoms with Crippen LogP contribution in [0.25, 0.3) is 0 Å². The molecule has 4 nitrogen and oxygen atoms in total. The van der Waals surface area contributed by atoms with Gasteiger partial charge in [0.2, 0.25) is 0 Å². The van der Waals surface area contributed by atoms with E-state index in [4.69, 9.17) is 11.6 Å². The van der Waals surface area contributed by atoms with Crippen molar-refractivity contribution in [2.75, 3.05) is 0 Å². The van der Waals surface area contributed by atoms with E-state index < -0.39 is 0 Å². The third-order valence-electron chi connectivity index (χ3n) is 2.49. The molecule has 0 atom stereocenters. The fourth-order valence-electron chi connectivity index (χ4n) is 1.66. The number of hydrogen-bond donors (Lipinski definition) is 0. The standard InChI is InChI=1S/C12H12ClN3O/c1-8-6-11(17)16(9(2)15-8)7-10-4-3-5-14-12(10)13/h3-6H,7H2,1-2H3. The van der Waals surface area contributed by atoms with E-state index >= 15 is 0 Å². The van der Waals surface area contributed by atoms with Crippen LogP contribution in [0.15, 0.2) is 29.2 Å². The highest BCUT2D eigenvalue weighted by Gasteiger charge is 2.06. The van der Waals surface area contributed by atoms with Gasteiger partial charge in [0.15, 0.2) is 0 Å². The number of halogens is 1. The highest BCUT2D eigenvalue weighted by Crippen LogP contribution is 2.12. The van der Waals surface area contributed by atoms with E-state index in [0.29, 0.717) is 17.5 Å². The maximum absolute atomic E-state index is 11.8. The van der Waals surface area contributed by atoms with Crippen LogP contribution in [0, 0.1) is 13.8 Å². The molecule has 0 aliphatic rings. The molecule has 2 heterocycles. The summed E-state index contributed by atoms with van der Waals surface area (Å²) in [5.74, 6) is 0.676. The van der Waals surface area contributed by atoms with Gasteiger partial charge in [0.1, 0.15) is 11.0 Å². The molecule has 88 valence electrons. The molecule has 5 heteroatoms. The molecular formula is C12H12ClN3O. The van der Waals surface area contributed by atoms with E-state index in [1.54, 1.807) is 30.7 Å². The van der Waals surface area contributed by atoms with Crippen LogP contribution in [0.3, 0.4) is 0 Å². The fraction of sp³-hybridized carbons (Fsp3) is 0.250. The maximum Gasteiger partial charge on any atom is 0.254 e. The Balaban J connectivity index is 2.44. The van der Waals surface area contributed by atoms with Crippen LogP contribution >= 0.6 is 11.6 Å². The molecule has 2 aromatic rings. The first-order valence-electron chi connectivity index (χ1n) is 5.22. The van der Waals surface area contributed by atoms with E-state index in [-0.39, 0.29) is 5.56 Å². The van der Waals surface area contributed by atoms with Gasteiger partial charge in [0.25, 0.3) is 5.56 Å². The highest BCUT2D eigenvalue weighted by atomic mass is 35.5. The Bertz CT molecular complexity index is 607. The summed E-state index contributed by atoms with van der Waals surface area (Å²) in [5, 5.41) is 0.416. The summed E-state index contributed by atoms with van der Waals surface area (Å²) in [6.07, 6.45) is 1.62. The molecule has 0 unspecified atom stereocenters. The summed E-state index contributed by atoms with van der Waals surface area (Å²) < 4.78 is 1.58. The van der Waals surface area contributed by atoms with Gasteiger partial charge in [-0.05, 0) is 19.9 Å². The molecule has 2 rings (SSSR count). The van der Waals surface area contributed by atoms with Crippen molar-refractivity contribution in [3.8, 4) is 0 Å². The Kier molecular flexibility index (Phi) is 3.24. The molecule has 0 N–H and O–H groups in total. The van der Waals surface area contributed by atoms with Crippen molar-refractivity contribution in [2.24, 2.45) is 0 Å². The normalized spacial score (nSPS) is 10.5. The lowest BCUT2D eigenvalue weighted by Gasteiger charge is -2.10. The summed E-state index contributed by atoms with van der Waals surface area (Å²) >= 11 is 5.96. The van der Waals surface area contributed by atoms with Crippen molar-refractivity contribution in [1.82, 2.24) is 14.5 Å². The predicted molar refractivity (Wildman–Crippen MR) is 66.3 cm³/mol. The Morgan fingerprint density at radius 3 is 2.82 bits per heavy atom. The SMILES string of the molecule is Cc1cc(=O)n(Cc2cccnc2Cl)c(C)n1. The Morgan fingerprint density at radius 2 is 2.18 bits per heavy atom. The second-order valence-corrected chi connectivity index (χ2v) is 4.18. The second kappa shape index (κ2) is 4.67. The Morgan fingerprint density at radius 1 is 1.41 bits per heavy atom. The van der Waals surface area contributed by atoms with Gasteiger partial charge < -0.3 is 0 Å². The van der Waals surface area contributed by atoms with Crippen LogP contribution in [0.1, 0.15) is 17.1 Å². The molecule has 0 aliphatic carbocycles. The van der Waals surface area contributed by atoms with Crippen molar-refractivity contribution in [3.63, 3.8) is 0 Å². The van der Waals surface area contributed by atoms with Gasteiger partial charge in [-0.2, -0.15) is 0 Å². The number of pyridine rings is 1. The minimum absolute atomic E-state index is 0.0741. The Labute approximate surface area is 104 Å². The van der Waals surface area contributed by atoms with E-state index in [1.165, 1.54) is 6.07 Å². The van der Waals surface area contributed by atoms with Gasteiger partial charge in [-0.1, -0.05) is 17.7 Å². The van der Waals surface area contributed by atoms with Crippen LogP contribution in [0.4, 0.5) is 0 Å². The van der Waals surface area contributed by atoms with Gasteiger partial charge in [-0.25, -0.2) is 9.97 Å². The first-order chi connectivity index (χ1) is 8.08. The van der Waals surface area contributed by atoms with Gasteiger partial charge in [0.05, 0.1) is 6.54 Å². The van der Waals surface area contributed by atoms with Gasteiger partial charge in [-0.3, -0.25) is 9.36 Å². The zero-order chi connectivity index (χ0) is 12.4. The lowest BCUT2D eigenvalue weighted by atomic mass is 10.3. The average Bonchev–Trinajstić information content (AvgIpc) is 2.25. The molecule has 0 aliphatic heterocycles. The van der Waals surface area contributed by atoms with Gasteiger partial charge in [0, 0.05) is 23.5 Å².